The Kier molecular flexibility index (Phi) is 2.83. The van der Waals surface area contributed by atoms with Crippen LogP contribution < -0.4 is 0 Å². The highest BCUT2D eigenvalue weighted by Crippen LogP contribution is 2.27. The van der Waals surface area contributed by atoms with Gasteiger partial charge in [0.05, 0.1) is 6.61 Å². The normalized spacial score (nSPS) is 11.4. The second-order valence-corrected chi connectivity index (χ2v) is 2.66. The fourth-order valence-electron chi connectivity index (χ4n) is 0.981. The van der Waals surface area contributed by atoms with Gasteiger partial charge in [0.25, 0.3) is 0 Å². The Balaban J connectivity index is 2.95. The maximum Gasteiger partial charge on any atom is 0.399 e. The molecule has 0 saturated carbocycles. The number of halogens is 2. The number of esters is 1. The summed E-state index contributed by atoms with van der Waals surface area (Å²) in [5.41, 5.74) is 0. The minimum atomic E-state index is -3.69. The summed E-state index contributed by atoms with van der Waals surface area (Å²) in [6, 6.07) is 0. The molecule has 1 aromatic rings. The summed E-state index contributed by atoms with van der Waals surface area (Å²) in [7, 11) is 1.38. The molecule has 0 N–H and O–H groups in total. The summed E-state index contributed by atoms with van der Waals surface area (Å²) in [5.74, 6) is -5.88. The van der Waals surface area contributed by atoms with Crippen molar-refractivity contribution in [3.8, 4) is 0 Å². The Morgan fingerprint density at radius 2 is 2.36 bits per heavy atom. The quantitative estimate of drug-likeness (QED) is 0.692. The Hall–Kier alpha value is -1.46. The molecule has 6 heteroatoms. The van der Waals surface area contributed by atoms with Crippen LogP contribution in [-0.2, 0) is 22.5 Å². The van der Waals surface area contributed by atoms with Crippen LogP contribution in [0.4, 0.5) is 8.78 Å². The molecule has 0 aromatic carbocycles. The van der Waals surface area contributed by atoms with Crippen LogP contribution in [-0.4, -0.2) is 22.1 Å². The van der Waals surface area contributed by atoms with Gasteiger partial charge in [-0.05, 0) is 6.92 Å². The van der Waals surface area contributed by atoms with Crippen molar-refractivity contribution in [1.29, 1.82) is 0 Å². The summed E-state index contributed by atoms with van der Waals surface area (Å²) in [4.78, 5) is 14.3. The van der Waals surface area contributed by atoms with Crippen molar-refractivity contribution in [2.75, 3.05) is 6.61 Å². The highest BCUT2D eigenvalue weighted by atomic mass is 19.3. The molecule has 0 aliphatic carbocycles. The molecule has 0 saturated heterocycles. The van der Waals surface area contributed by atoms with E-state index in [1.54, 1.807) is 0 Å². The van der Waals surface area contributed by atoms with Gasteiger partial charge >= 0.3 is 11.9 Å². The lowest BCUT2D eigenvalue weighted by Crippen LogP contribution is -2.31. The van der Waals surface area contributed by atoms with E-state index < -0.39 is 17.7 Å². The van der Waals surface area contributed by atoms with Crippen molar-refractivity contribution in [1.82, 2.24) is 9.55 Å². The van der Waals surface area contributed by atoms with Gasteiger partial charge in [-0.2, -0.15) is 8.78 Å². The first-order valence-electron chi connectivity index (χ1n) is 4.03. The van der Waals surface area contributed by atoms with Crippen LogP contribution >= 0.6 is 0 Å². The molecule has 0 aliphatic rings. The van der Waals surface area contributed by atoms with Gasteiger partial charge in [-0.25, -0.2) is 9.78 Å². The van der Waals surface area contributed by atoms with E-state index in [0.29, 0.717) is 0 Å². The molecule has 4 nitrogen and oxygen atoms in total. The third kappa shape index (κ3) is 1.73. The summed E-state index contributed by atoms with van der Waals surface area (Å²) in [5, 5.41) is 0. The lowest BCUT2D eigenvalue weighted by atomic mass is 10.3. The molecule has 0 atom stereocenters. The number of hydrogen-bond donors (Lipinski definition) is 0. The molecule has 0 aliphatic heterocycles. The molecule has 0 bridgehead atoms. The second kappa shape index (κ2) is 3.73. The van der Waals surface area contributed by atoms with E-state index >= 15 is 0 Å². The molecule has 78 valence electrons. The number of aromatic nitrogens is 2. The minimum absolute atomic E-state index is 0.0845. The van der Waals surface area contributed by atoms with Gasteiger partial charge < -0.3 is 9.30 Å². The highest BCUT2D eigenvalue weighted by molar-refractivity contribution is 5.78. The Morgan fingerprint density at radius 1 is 1.71 bits per heavy atom. The number of carbonyl (C=O) groups excluding carboxylic acids is 1. The van der Waals surface area contributed by atoms with Crippen LogP contribution in [0.15, 0.2) is 12.4 Å². The summed E-state index contributed by atoms with van der Waals surface area (Å²) < 4.78 is 31.9. The first-order chi connectivity index (χ1) is 6.50. The monoisotopic (exact) mass is 204 g/mol. The Bertz CT molecular complexity index is 336. The number of nitrogens with zero attached hydrogens (tertiary/aromatic N) is 2. The minimum Gasteiger partial charge on any atom is -0.461 e. The van der Waals surface area contributed by atoms with Gasteiger partial charge in [0.2, 0.25) is 0 Å². The zero-order chi connectivity index (χ0) is 10.8. The van der Waals surface area contributed by atoms with E-state index in [1.807, 2.05) is 0 Å². The van der Waals surface area contributed by atoms with Crippen molar-refractivity contribution < 1.29 is 18.3 Å². The molecular formula is C8H10F2N2O2. The predicted octanol–water partition coefficient (Wildman–Crippen LogP) is 1.07. The first kappa shape index (κ1) is 10.6. The fourth-order valence-corrected chi connectivity index (χ4v) is 0.981. The van der Waals surface area contributed by atoms with Crippen LogP contribution in [0.2, 0.25) is 0 Å². The third-order valence-electron chi connectivity index (χ3n) is 1.63. The summed E-state index contributed by atoms with van der Waals surface area (Å²) in [6.07, 6.45) is 2.53. The second-order valence-electron chi connectivity index (χ2n) is 2.66. The molecule has 1 aromatic heterocycles. The van der Waals surface area contributed by atoms with E-state index in [9.17, 15) is 13.6 Å². The Morgan fingerprint density at radius 3 is 2.79 bits per heavy atom. The number of rotatable bonds is 3. The van der Waals surface area contributed by atoms with Crippen molar-refractivity contribution in [3.63, 3.8) is 0 Å². The largest absolute Gasteiger partial charge is 0.461 e. The van der Waals surface area contributed by atoms with Crippen LogP contribution in [0.3, 0.4) is 0 Å². The van der Waals surface area contributed by atoms with Crippen LogP contribution in [0.1, 0.15) is 12.7 Å². The van der Waals surface area contributed by atoms with Gasteiger partial charge in [0.15, 0.2) is 5.82 Å². The van der Waals surface area contributed by atoms with Crippen LogP contribution in [0, 0.1) is 0 Å². The zero-order valence-corrected chi connectivity index (χ0v) is 7.83. The molecule has 1 rings (SSSR count). The SMILES string of the molecule is CCOC(=O)C(F)(F)c1nccn1C. The zero-order valence-electron chi connectivity index (χ0n) is 7.83. The average Bonchev–Trinajstić information content (AvgIpc) is 2.52. The van der Waals surface area contributed by atoms with E-state index in [4.69, 9.17) is 0 Å². The average molecular weight is 204 g/mol. The first-order valence-corrected chi connectivity index (χ1v) is 4.03. The van der Waals surface area contributed by atoms with Gasteiger partial charge in [-0.3, -0.25) is 0 Å². The molecule has 0 amide bonds. The number of aryl methyl sites for hydroxylation is 1. The van der Waals surface area contributed by atoms with Gasteiger partial charge in [-0.1, -0.05) is 0 Å². The summed E-state index contributed by atoms with van der Waals surface area (Å²) >= 11 is 0. The molecule has 0 unspecified atom stereocenters. The molecule has 0 radical (unpaired) electrons. The molecule has 1 heterocycles. The predicted molar refractivity (Wildman–Crippen MR) is 43.7 cm³/mol. The van der Waals surface area contributed by atoms with Crippen LogP contribution in [0.25, 0.3) is 0 Å². The van der Waals surface area contributed by atoms with Gasteiger partial charge in [-0.15, -0.1) is 0 Å². The third-order valence-corrected chi connectivity index (χ3v) is 1.63. The maximum absolute atomic E-state index is 13.3. The molecule has 14 heavy (non-hydrogen) atoms. The molecule has 0 fully saturated rings. The highest BCUT2D eigenvalue weighted by Gasteiger charge is 2.46. The summed E-state index contributed by atoms with van der Waals surface area (Å²) in [6.45, 7) is 1.38. The fraction of sp³-hybridized carbons (Fsp3) is 0.500. The maximum atomic E-state index is 13.3. The van der Waals surface area contributed by atoms with E-state index in [2.05, 4.69) is 9.72 Å². The van der Waals surface area contributed by atoms with Crippen LogP contribution in [0.5, 0.6) is 0 Å². The number of hydrogen-bond acceptors (Lipinski definition) is 3. The number of ether oxygens (including phenoxy) is 1. The van der Waals surface area contributed by atoms with E-state index in [-0.39, 0.29) is 6.61 Å². The van der Waals surface area contributed by atoms with Crippen molar-refractivity contribution in [3.05, 3.63) is 18.2 Å². The van der Waals surface area contributed by atoms with Gasteiger partial charge in [0.1, 0.15) is 0 Å². The lowest BCUT2D eigenvalue weighted by Gasteiger charge is -2.13. The number of carbonyl (C=O) groups is 1. The van der Waals surface area contributed by atoms with Crippen molar-refractivity contribution >= 4 is 5.97 Å². The standard InChI is InChI=1S/C8H10F2N2O2/c1-3-14-7(13)8(9,10)6-11-4-5-12(6)2/h4-5H,3H2,1-2H3. The number of alkyl halides is 2. The van der Waals surface area contributed by atoms with E-state index in [0.717, 1.165) is 4.57 Å². The smallest absolute Gasteiger partial charge is 0.399 e. The topological polar surface area (TPSA) is 44.1 Å². The lowest BCUT2D eigenvalue weighted by molar-refractivity contribution is -0.174. The van der Waals surface area contributed by atoms with Crippen molar-refractivity contribution in [2.45, 2.75) is 12.8 Å². The Labute approximate surface area is 79.5 Å². The van der Waals surface area contributed by atoms with Crippen molar-refractivity contribution in [2.24, 2.45) is 7.05 Å². The van der Waals surface area contributed by atoms with E-state index in [1.165, 1.54) is 26.4 Å². The van der Waals surface area contributed by atoms with Gasteiger partial charge in [0, 0.05) is 19.4 Å². The number of imidazole rings is 1. The molecule has 0 spiro atoms. The molecular weight excluding hydrogens is 194 g/mol.